The highest BCUT2D eigenvalue weighted by Crippen LogP contribution is 2.12. The molecule has 20 heavy (non-hydrogen) atoms. The van der Waals surface area contributed by atoms with E-state index in [4.69, 9.17) is 0 Å². The van der Waals surface area contributed by atoms with Crippen LogP contribution in [0.5, 0.6) is 0 Å². The van der Waals surface area contributed by atoms with E-state index in [2.05, 4.69) is 35.1 Å². The lowest BCUT2D eigenvalue weighted by Crippen LogP contribution is -2.21. The van der Waals surface area contributed by atoms with Crippen molar-refractivity contribution in [2.24, 2.45) is 0 Å². The summed E-state index contributed by atoms with van der Waals surface area (Å²) in [6.45, 7) is 3.88. The molecule has 0 spiro atoms. The topological polar surface area (TPSA) is 37.3 Å². The highest BCUT2D eigenvalue weighted by molar-refractivity contribution is 5.94. The van der Waals surface area contributed by atoms with Crippen LogP contribution in [0.15, 0.2) is 42.6 Å². The second-order valence-electron chi connectivity index (χ2n) is 4.92. The Hall–Kier alpha value is -2.23. The van der Waals surface area contributed by atoms with Gasteiger partial charge in [-0.1, -0.05) is 0 Å². The van der Waals surface area contributed by atoms with Crippen LogP contribution in [0.2, 0.25) is 0 Å². The Morgan fingerprint density at radius 2 is 1.90 bits per heavy atom. The van der Waals surface area contributed by atoms with Crippen molar-refractivity contribution in [2.45, 2.75) is 20.0 Å². The van der Waals surface area contributed by atoms with Gasteiger partial charge in [-0.3, -0.25) is 4.79 Å². The number of hydrogen-bond donors (Lipinski definition) is 1. The van der Waals surface area contributed by atoms with Gasteiger partial charge >= 0.3 is 0 Å². The maximum absolute atomic E-state index is 11.8. The van der Waals surface area contributed by atoms with Gasteiger partial charge in [0.25, 0.3) is 5.91 Å². The first kappa shape index (κ1) is 14.2. The molecule has 0 radical (unpaired) electrons. The van der Waals surface area contributed by atoms with Crippen molar-refractivity contribution in [1.29, 1.82) is 0 Å². The molecule has 4 heteroatoms. The molecule has 0 atom stereocenters. The number of anilines is 1. The van der Waals surface area contributed by atoms with Crippen molar-refractivity contribution in [2.75, 3.05) is 19.4 Å². The normalized spacial score (nSPS) is 10.3. The van der Waals surface area contributed by atoms with Crippen LogP contribution < -0.4 is 5.32 Å². The van der Waals surface area contributed by atoms with E-state index in [1.54, 1.807) is 19.0 Å². The predicted molar refractivity (Wildman–Crippen MR) is 81.9 cm³/mol. The number of nitrogens with zero attached hydrogens (tertiary/aromatic N) is 2. The van der Waals surface area contributed by atoms with Gasteiger partial charge < -0.3 is 14.8 Å². The average molecular weight is 271 g/mol. The van der Waals surface area contributed by atoms with E-state index in [-0.39, 0.29) is 5.91 Å². The fourth-order valence-electron chi connectivity index (χ4n) is 2.10. The molecule has 0 fully saturated rings. The Balaban J connectivity index is 1.99. The van der Waals surface area contributed by atoms with Gasteiger partial charge in [0.1, 0.15) is 0 Å². The summed E-state index contributed by atoms with van der Waals surface area (Å²) in [6, 6.07) is 11.7. The fourth-order valence-corrected chi connectivity index (χ4v) is 2.10. The first-order valence-corrected chi connectivity index (χ1v) is 6.81. The molecule has 1 heterocycles. The van der Waals surface area contributed by atoms with Gasteiger partial charge in [0.2, 0.25) is 0 Å². The third-order valence-electron chi connectivity index (χ3n) is 3.28. The molecule has 2 aromatic rings. The van der Waals surface area contributed by atoms with E-state index in [1.807, 2.05) is 24.3 Å². The zero-order valence-corrected chi connectivity index (χ0v) is 12.3. The van der Waals surface area contributed by atoms with Gasteiger partial charge in [-0.25, -0.2) is 0 Å². The smallest absolute Gasteiger partial charge is 0.253 e. The SMILES string of the molecule is CCn1cccc1CNc1ccc(C(=O)N(C)C)cc1. The van der Waals surface area contributed by atoms with E-state index in [0.29, 0.717) is 5.56 Å². The van der Waals surface area contributed by atoms with Crippen molar-refractivity contribution < 1.29 is 4.79 Å². The van der Waals surface area contributed by atoms with Gasteiger partial charge in [-0.15, -0.1) is 0 Å². The second kappa shape index (κ2) is 6.28. The Labute approximate surface area is 120 Å². The molecule has 4 nitrogen and oxygen atoms in total. The molecule has 1 amide bonds. The number of hydrogen-bond acceptors (Lipinski definition) is 2. The molecule has 0 bridgehead atoms. The number of aromatic nitrogens is 1. The minimum absolute atomic E-state index is 0.0245. The Morgan fingerprint density at radius 1 is 1.20 bits per heavy atom. The first-order chi connectivity index (χ1) is 9.61. The number of carbonyl (C=O) groups is 1. The number of benzene rings is 1. The molecule has 0 aliphatic heterocycles. The molecule has 2 rings (SSSR count). The van der Waals surface area contributed by atoms with Gasteiger partial charge in [0, 0.05) is 43.8 Å². The minimum atomic E-state index is 0.0245. The largest absolute Gasteiger partial charge is 0.379 e. The van der Waals surface area contributed by atoms with Gasteiger partial charge in [0.15, 0.2) is 0 Å². The first-order valence-electron chi connectivity index (χ1n) is 6.81. The third kappa shape index (κ3) is 3.20. The molecule has 0 aliphatic carbocycles. The van der Waals surface area contributed by atoms with Crippen LogP contribution in [-0.4, -0.2) is 29.5 Å². The summed E-state index contributed by atoms with van der Waals surface area (Å²) in [7, 11) is 3.51. The minimum Gasteiger partial charge on any atom is -0.379 e. The standard InChI is InChI=1S/C16H21N3O/c1-4-19-11-5-6-15(19)12-17-14-9-7-13(8-10-14)16(20)18(2)3/h5-11,17H,4,12H2,1-3H3. The highest BCUT2D eigenvalue weighted by atomic mass is 16.2. The van der Waals surface area contributed by atoms with Crippen LogP contribution in [-0.2, 0) is 13.1 Å². The maximum Gasteiger partial charge on any atom is 0.253 e. The van der Waals surface area contributed by atoms with E-state index in [9.17, 15) is 4.79 Å². The monoisotopic (exact) mass is 271 g/mol. The summed E-state index contributed by atoms with van der Waals surface area (Å²) >= 11 is 0. The van der Waals surface area contributed by atoms with Crippen molar-refractivity contribution in [1.82, 2.24) is 9.47 Å². The summed E-state index contributed by atoms with van der Waals surface area (Å²) in [4.78, 5) is 13.4. The van der Waals surface area contributed by atoms with E-state index >= 15 is 0 Å². The van der Waals surface area contributed by atoms with E-state index < -0.39 is 0 Å². The van der Waals surface area contributed by atoms with Crippen molar-refractivity contribution in [3.8, 4) is 0 Å². The molecule has 1 aromatic heterocycles. The van der Waals surface area contributed by atoms with Crippen LogP contribution in [0.4, 0.5) is 5.69 Å². The molecule has 0 aliphatic rings. The number of rotatable bonds is 5. The van der Waals surface area contributed by atoms with Gasteiger partial charge in [-0.2, -0.15) is 0 Å². The van der Waals surface area contributed by atoms with Crippen molar-refractivity contribution in [3.05, 3.63) is 53.9 Å². The average Bonchev–Trinajstić information content (AvgIpc) is 2.92. The zero-order chi connectivity index (χ0) is 14.5. The molecule has 0 saturated carbocycles. The molecular formula is C16H21N3O. The molecular weight excluding hydrogens is 250 g/mol. The zero-order valence-electron chi connectivity index (χ0n) is 12.3. The van der Waals surface area contributed by atoms with E-state index in [1.165, 1.54) is 5.69 Å². The molecule has 0 saturated heterocycles. The molecule has 0 unspecified atom stereocenters. The van der Waals surface area contributed by atoms with Gasteiger partial charge in [0.05, 0.1) is 6.54 Å². The van der Waals surface area contributed by atoms with Crippen LogP contribution in [0, 0.1) is 0 Å². The third-order valence-corrected chi connectivity index (χ3v) is 3.28. The summed E-state index contributed by atoms with van der Waals surface area (Å²) in [5, 5.41) is 3.37. The van der Waals surface area contributed by atoms with Crippen LogP contribution in [0.25, 0.3) is 0 Å². The molecule has 1 N–H and O–H groups in total. The summed E-state index contributed by atoms with van der Waals surface area (Å²) < 4.78 is 2.21. The fraction of sp³-hybridized carbons (Fsp3) is 0.312. The number of carbonyl (C=O) groups excluding carboxylic acids is 1. The Morgan fingerprint density at radius 3 is 2.50 bits per heavy atom. The Kier molecular flexibility index (Phi) is 4.45. The van der Waals surface area contributed by atoms with Crippen LogP contribution in [0.1, 0.15) is 23.0 Å². The number of amides is 1. The van der Waals surface area contributed by atoms with Crippen molar-refractivity contribution >= 4 is 11.6 Å². The number of aryl methyl sites for hydroxylation is 1. The van der Waals surface area contributed by atoms with Gasteiger partial charge in [-0.05, 0) is 43.3 Å². The second-order valence-corrected chi connectivity index (χ2v) is 4.92. The summed E-state index contributed by atoms with van der Waals surface area (Å²) in [6.07, 6.45) is 2.08. The lowest BCUT2D eigenvalue weighted by molar-refractivity contribution is 0.0827. The predicted octanol–water partition coefficient (Wildman–Crippen LogP) is 2.82. The van der Waals surface area contributed by atoms with E-state index in [0.717, 1.165) is 18.8 Å². The quantitative estimate of drug-likeness (QED) is 0.908. The highest BCUT2D eigenvalue weighted by Gasteiger charge is 2.07. The maximum atomic E-state index is 11.8. The summed E-state index contributed by atoms with van der Waals surface area (Å²) in [5.41, 5.74) is 2.97. The van der Waals surface area contributed by atoms with Crippen LogP contribution >= 0.6 is 0 Å². The Bertz CT molecular complexity index is 570. The van der Waals surface area contributed by atoms with Crippen LogP contribution in [0.3, 0.4) is 0 Å². The summed E-state index contributed by atoms with van der Waals surface area (Å²) in [5.74, 6) is 0.0245. The lowest BCUT2D eigenvalue weighted by atomic mass is 10.2. The molecule has 1 aromatic carbocycles. The molecule has 106 valence electrons. The lowest BCUT2D eigenvalue weighted by Gasteiger charge is -2.12. The van der Waals surface area contributed by atoms with Crippen molar-refractivity contribution in [3.63, 3.8) is 0 Å². The number of nitrogens with one attached hydrogen (secondary N) is 1.